The summed E-state index contributed by atoms with van der Waals surface area (Å²) in [5.74, 6) is -0.659. The van der Waals surface area contributed by atoms with Crippen molar-refractivity contribution in [2.75, 3.05) is 4.90 Å². The van der Waals surface area contributed by atoms with Gasteiger partial charge in [-0.2, -0.15) is 0 Å². The maximum atomic E-state index is 13.5. The fourth-order valence-electron chi connectivity index (χ4n) is 3.93. The number of thiazole rings is 1. The van der Waals surface area contributed by atoms with E-state index >= 15 is 0 Å². The third kappa shape index (κ3) is 3.08. The number of benzene rings is 2. The average Bonchev–Trinajstić information content (AvgIpc) is 3.27. The van der Waals surface area contributed by atoms with Gasteiger partial charge in [0.15, 0.2) is 16.3 Å². The number of nitrogens with zero attached hydrogens (tertiary/aromatic N) is 2. The van der Waals surface area contributed by atoms with Gasteiger partial charge in [-0.05, 0) is 42.8 Å². The second kappa shape index (κ2) is 7.39. The first-order valence-electron chi connectivity index (χ1n) is 9.63. The van der Waals surface area contributed by atoms with Crippen LogP contribution in [0.3, 0.4) is 0 Å². The van der Waals surface area contributed by atoms with Gasteiger partial charge in [0.1, 0.15) is 11.3 Å². The van der Waals surface area contributed by atoms with Crippen molar-refractivity contribution >= 4 is 55.1 Å². The Morgan fingerprint density at radius 3 is 2.56 bits per heavy atom. The maximum Gasteiger partial charge on any atom is 0.297 e. The molecule has 2 aromatic heterocycles. The number of phenols is 1. The number of aromatic hydroxyl groups is 1. The lowest BCUT2D eigenvalue weighted by atomic mass is 9.98. The lowest BCUT2D eigenvalue weighted by Gasteiger charge is -2.22. The lowest BCUT2D eigenvalue weighted by molar-refractivity contribution is 0.0969. The molecule has 0 bridgehead atoms. The molecule has 1 amide bonds. The summed E-state index contributed by atoms with van der Waals surface area (Å²) in [7, 11) is 0. The number of ketones is 1. The van der Waals surface area contributed by atoms with E-state index in [4.69, 9.17) is 4.42 Å². The van der Waals surface area contributed by atoms with Crippen LogP contribution in [0.4, 0.5) is 5.13 Å². The highest BCUT2D eigenvalue weighted by Crippen LogP contribution is 2.43. The molecule has 32 heavy (non-hydrogen) atoms. The second-order valence-corrected chi connectivity index (χ2v) is 9.34. The van der Waals surface area contributed by atoms with Crippen LogP contribution in [0.5, 0.6) is 5.75 Å². The highest BCUT2D eigenvalue weighted by molar-refractivity contribution is 9.10. The van der Waals surface area contributed by atoms with Crippen molar-refractivity contribution in [2.24, 2.45) is 0 Å². The highest BCUT2D eigenvalue weighted by atomic mass is 79.9. The van der Waals surface area contributed by atoms with Crippen molar-refractivity contribution in [3.05, 3.63) is 84.6 Å². The summed E-state index contributed by atoms with van der Waals surface area (Å²) in [6.07, 6.45) is 0. The fraction of sp³-hybridized carbons (Fsp3) is 0.130. The van der Waals surface area contributed by atoms with Crippen molar-refractivity contribution in [1.82, 2.24) is 4.98 Å². The van der Waals surface area contributed by atoms with Crippen molar-refractivity contribution < 1.29 is 19.1 Å². The van der Waals surface area contributed by atoms with Gasteiger partial charge >= 0.3 is 0 Å². The molecule has 1 unspecified atom stereocenters. The van der Waals surface area contributed by atoms with Gasteiger partial charge < -0.3 is 9.52 Å². The maximum absolute atomic E-state index is 13.5. The van der Waals surface area contributed by atoms with Gasteiger partial charge in [-0.15, -0.1) is 0 Å². The third-order valence-corrected chi connectivity index (χ3v) is 7.10. The number of fused-ring (bicyclic) bond motifs is 2. The Morgan fingerprint density at radius 1 is 1.19 bits per heavy atom. The number of hydrogen-bond donors (Lipinski definition) is 1. The van der Waals surface area contributed by atoms with Crippen LogP contribution < -0.4 is 10.3 Å². The molecule has 160 valence electrons. The van der Waals surface area contributed by atoms with Gasteiger partial charge in [0.2, 0.25) is 5.76 Å². The number of amides is 1. The van der Waals surface area contributed by atoms with Crippen LogP contribution >= 0.6 is 27.3 Å². The van der Waals surface area contributed by atoms with Crippen LogP contribution in [0.2, 0.25) is 0 Å². The predicted octanol–water partition coefficient (Wildman–Crippen LogP) is 4.98. The molecular weight excluding hydrogens is 496 g/mol. The Bertz CT molecular complexity index is 1490. The molecular formula is C23H15BrN2O5S. The van der Waals surface area contributed by atoms with Crippen molar-refractivity contribution in [3.63, 3.8) is 0 Å². The quantitative estimate of drug-likeness (QED) is 0.390. The van der Waals surface area contributed by atoms with Crippen molar-refractivity contribution in [2.45, 2.75) is 19.9 Å². The Morgan fingerprint density at radius 2 is 1.91 bits per heavy atom. The SMILES string of the molecule is CC(=O)c1sc(N2C(=O)c3oc4ccc(Br)cc4c(=O)c3C2c2ccc(O)cc2)nc1C. The van der Waals surface area contributed by atoms with E-state index in [1.807, 2.05) is 0 Å². The number of aryl methyl sites for hydroxylation is 1. The van der Waals surface area contributed by atoms with Gasteiger partial charge in [0.25, 0.3) is 5.91 Å². The first-order chi connectivity index (χ1) is 15.3. The number of Topliss-reactive ketones (excluding diaryl/α,β-unsaturated/α-hetero) is 1. The first-order valence-corrected chi connectivity index (χ1v) is 11.2. The number of carbonyl (C=O) groups is 2. The molecule has 3 heterocycles. The van der Waals surface area contributed by atoms with Crippen LogP contribution in [0, 0.1) is 6.92 Å². The zero-order valence-electron chi connectivity index (χ0n) is 16.9. The van der Waals surface area contributed by atoms with E-state index in [2.05, 4.69) is 20.9 Å². The number of rotatable bonds is 3. The summed E-state index contributed by atoms with van der Waals surface area (Å²) in [5, 5.41) is 10.4. The van der Waals surface area contributed by atoms with E-state index in [1.165, 1.54) is 24.0 Å². The smallest absolute Gasteiger partial charge is 0.297 e. The zero-order chi connectivity index (χ0) is 22.7. The molecule has 5 rings (SSSR count). The molecule has 0 saturated carbocycles. The van der Waals surface area contributed by atoms with Gasteiger partial charge in [-0.3, -0.25) is 19.3 Å². The summed E-state index contributed by atoms with van der Waals surface area (Å²) in [6, 6.07) is 10.5. The van der Waals surface area contributed by atoms with E-state index in [-0.39, 0.29) is 28.3 Å². The number of halogens is 1. The first kappa shape index (κ1) is 20.6. The molecule has 1 atom stereocenters. The number of carbonyl (C=O) groups excluding carboxylic acids is 2. The van der Waals surface area contributed by atoms with E-state index in [9.17, 15) is 19.5 Å². The summed E-state index contributed by atoms with van der Waals surface area (Å²) < 4.78 is 6.62. The minimum absolute atomic E-state index is 0.0554. The van der Waals surface area contributed by atoms with Crippen molar-refractivity contribution in [3.8, 4) is 5.75 Å². The minimum atomic E-state index is -0.817. The zero-order valence-corrected chi connectivity index (χ0v) is 19.3. The summed E-state index contributed by atoms with van der Waals surface area (Å²) in [6.45, 7) is 3.15. The Hall–Kier alpha value is -3.30. The molecule has 1 aliphatic heterocycles. The summed E-state index contributed by atoms with van der Waals surface area (Å²) in [4.78, 5) is 45.3. The topological polar surface area (TPSA) is 101 Å². The number of phenolic OH excluding ortho intramolecular Hbond substituents is 1. The van der Waals surface area contributed by atoms with E-state index in [1.54, 1.807) is 37.3 Å². The molecule has 7 nitrogen and oxygen atoms in total. The largest absolute Gasteiger partial charge is 0.508 e. The predicted molar refractivity (Wildman–Crippen MR) is 124 cm³/mol. The molecule has 0 saturated heterocycles. The third-order valence-electron chi connectivity index (χ3n) is 5.35. The van der Waals surface area contributed by atoms with Crippen molar-refractivity contribution in [1.29, 1.82) is 0 Å². The van der Waals surface area contributed by atoms with Gasteiger partial charge in [0.05, 0.1) is 27.6 Å². The van der Waals surface area contributed by atoms with Gasteiger partial charge in [0, 0.05) is 11.4 Å². The van der Waals surface area contributed by atoms with Crippen LogP contribution in [0.1, 0.15) is 50.0 Å². The molecule has 9 heteroatoms. The Balaban J connectivity index is 1.81. The molecule has 1 N–H and O–H groups in total. The molecule has 4 aromatic rings. The number of hydrogen-bond acceptors (Lipinski definition) is 7. The lowest BCUT2D eigenvalue weighted by Crippen LogP contribution is -2.29. The van der Waals surface area contributed by atoms with E-state index in [0.717, 1.165) is 11.3 Å². The van der Waals surface area contributed by atoms with Crippen LogP contribution in [-0.2, 0) is 0 Å². The van der Waals surface area contributed by atoms with E-state index < -0.39 is 11.9 Å². The van der Waals surface area contributed by atoms with Crippen LogP contribution in [-0.4, -0.2) is 21.8 Å². The average molecular weight is 511 g/mol. The molecule has 0 fully saturated rings. The number of anilines is 1. The molecule has 0 spiro atoms. The molecule has 0 aliphatic carbocycles. The fourth-order valence-corrected chi connectivity index (χ4v) is 5.28. The monoisotopic (exact) mass is 510 g/mol. The normalized spacial score (nSPS) is 15.4. The van der Waals surface area contributed by atoms with Crippen LogP contribution in [0.25, 0.3) is 11.0 Å². The summed E-state index contributed by atoms with van der Waals surface area (Å²) in [5.41, 5.74) is 1.30. The Labute approximate surface area is 194 Å². The van der Waals surface area contributed by atoms with Gasteiger partial charge in [-0.1, -0.05) is 39.4 Å². The van der Waals surface area contributed by atoms with Crippen LogP contribution in [0.15, 0.2) is 56.1 Å². The minimum Gasteiger partial charge on any atom is -0.508 e. The Kier molecular flexibility index (Phi) is 4.75. The standard InChI is InChI=1S/C23H15BrN2O5S/c1-10-21(11(2)27)32-23(25-10)26-18(12-3-6-14(28)7-4-12)17-19(29)15-9-13(24)5-8-16(15)31-20(17)22(26)30/h3-9,18,28H,1-2H3. The van der Waals surface area contributed by atoms with Gasteiger partial charge in [-0.25, -0.2) is 4.98 Å². The summed E-state index contributed by atoms with van der Waals surface area (Å²) >= 11 is 4.47. The molecule has 1 aliphatic rings. The number of aromatic nitrogens is 1. The molecule has 0 radical (unpaired) electrons. The second-order valence-electron chi connectivity index (χ2n) is 7.45. The highest BCUT2D eigenvalue weighted by Gasteiger charge is 2.45. The van der Waals surface area contributed by atoms with E-state index in [0.29, 0.717) is 36.7 Å². The molecule has 2 aromatic carbocycles.